The third kappa shape index (κ3) is 2.91. The van der Waals surface area contributed by atoms with Crippen LogP contribution in [0.2, 0.25) is 0 Å². The Kier molecular flexibility index (Phi) is 4.01. The maximum absolute atomic E-state index is 5.72. The molecule has 2 aliphatic heterocycles. The molecule has 0 saturated carbocycles. The molecule has 1 aromatic carbocycles. The summed E-state index contributed by atoms with van der Waals surface area (Å²) in [7, 11) is 0. The van der Waals surface area contributed by atoms with Crippen molar-refractivity contribution in [3.63, 3.8) is 0 Å². The van der Waals surface area contributed by atoms with Crippen molar-refractivity contribution in [3.05, 3.63) is 29.8 Å². The lowest BCUT2D eigenvalue weighted by Gasteiger charge is -2.32. The van der Waals surface area contributed by atoms with Crippen molar-refractivity contribution in [3.8, 4) is 0 Å². The van der Waals surface area contributed by atoms with Crippen molar-refractivity contribution < 1.29 is 4.74 Å². The Morgan fingerprint density at radius 1 is 1.21 bits per heavy atom. The molecule has 2 aliphatic rings. The highest BCUT2D eigenvalue weighted by molar-refractivity contribution is 5.49. The largest absolute Gasteiger partial charge is 0.379 e. The maximum atomic E-state index is 5.72. The first kappa shape index (κ1) is 12.9. The van der Waals surface area contributed by atoms with Crippen LogP contribution in [0.5, 0.6) is 0 Å². The fraction of sp³-hybridized carbons (Fsp3) is 0.600. The highest BCUT2D eigenvalue weighted by Crippen LogP contribution is 2.24. The Labute approximate surface area is 115 Å². The molecule has 2 N–H and O–H groups in total. The van der Waals surface area contributed by atoms with Gasteiger partial charge in [0, 0.05) is 44.5 Å². The molecule has 104 valence electrons. The predicted molar refractivity (Wildman–Crippen MR) is 77.3 cm³/mol. The van der Waals surface area contributed by atoms with E-state index in [-0.39, 0.29) is 0 Å². The molecule has 3 rings (SSSR count). The van der Waals surface area contributed by atoms with Crippen LogP contribution in [0, 0.1) is 0 Å². The molecular weight excluding hydrogens is 238 g/mol. The normalized spacial score (nSPS) is 24.9. The number of nitrogens with two attached hydrogens (primary N) is 1. The van der Waals surface area contributed by atoms with Gasteiger partial charge in [-0.3, -0.25) is 4.90 Å². The SMILES string of the molecule is NCc1cccc(N2CCC(N3CCOCC3)C2)c1. The fourth-order valence-corrected chi connectivity index (χ4v) is 3.10. The van der Waals surface area contributed by atoms with Gasteiger partial charge in [-0.05, 0) is 24.1 Å². The summed E-state index contributed by atoms with van der Waals surface area (Å²) in [6.07, 6.45) is 1.26. The van der Waals surface area contributed by atoms with E-state index in [0.717, 1.165) is 39.4 Å². The smallest absolute Gasteiger partial charge is 0.0594 e. The minimum Gasteiger partial charge on any atom is -0.379 e. The van der Waals surface area contributed by atoms with Crippen LogP contribution in [-0.2, 0) is 11.3 Å². The van der Waals surface area contributed by atoms with Crippen LogP contribution in [0.15, 0.2) is 24.3 Å². The highest BCUT2D eigenvalue weighted by Gasteiger charge is 2.28. The summed E-state index contributed by atoms with van der Waals surface area (Å²) in [6.45, 7) is 6.85. The van der Waals surface area contributed by atoms with E-state index in [4.69, 9.17) is 10.5 Å². The van der Waals surface area contributed by atoms with Crippen LogP contribution in [0.4, 0.5) is 5.69 Å². The number of ether oxygens (including phenoxy) is 1. The van der Waals surface area contributed by atoms with Crippen molar-refractivity contribution >= 4 is 5.69 Å². The zero-order valence-electron chi connectivity index (χ0n) is 11.4. The minimum atomic E-state index is 0.620. The fourth-order valence-electron chi connectivity index (χ4n) is 3.10. The lowest BCUT2D eigenvalue weighted by Crippen LogP contribution is -2.44. The van der Waals surface area contributed by atoms with Gasteiger partial charge in [-0.15, -0.1) is 0 Å². The summed E-state index contributed by atoms with van der Waals surface area (Å²) in [5.74, 6) is 0. The van der Waals surface area contributed by atoms with Gasteiger partial charge in [0.15, 0.2) is 0 Å². The van der Waals surface area contributed by atoms with Crippen molar-refractivity contribution in [1.82, 2.24) is 4.90 Å². The zero-order chi connectivity index (χ0) is 13.1. The van der Waals surface area contributed by atoms with Crippen LogP contribution < -0.4 is 10.6 Å². The van der Waals surface area contributed by atoms with Gasteiger partial charge in [-0.1, -0.05) is 12.1 Å². The number of morpholine rings is 1. The molecule has 0 amide bonds. The van der Waals surface area contributed by atoms with Crippen LogP contribution in [-0.4, -0.2) is 50.3 Å². The summed E-state index contributed by atoms with van der Waals surface area (Å²) >= 11 is 0. The van der Waals surface area contributed by atoms with Crippen molar-refractivity contribution in [2.24, 2.45) is 5.73 Å². The standard InChI is InChI=1S/C15H23N3O/c16-11-13-2-1-3-14(10-13)18-5-4-15(12-18)17-6-8-19-9-7-17/h1-3,10,15H,4-9,11-12,16H2. The predicted octanol–water partition coefficient (Wildman–Crippen LogP) is 1.06. The van der Waals surface area contributed by atoms with E-state index in [9.17, 15) is 0 Å². The molecule has 19 heavy (non-hydrogen) atoms. The Bertz CT molecular complexity index is 418. The van der Waals surface area contributed by atoms with E-state index in [0.29, 0.717) is 12.6 Å². The molecule has 0 spiro atoms. The van der Waals surface area contributed by atoms with Gasteiger partial charge in [0.1, 0.15) is 0 Å². The Morgan fingerprint density at radius 3 is 2.84 bits per heavy atom. The van der Waals surface area contributed by atoms with Crippen LogP contribution >= 0.6 is 0 Å². The minimum absolute atomic E-state index is 0.620. The third-order valence-electron chi connectivity index (χ3n) is 4.24. The van der Waals surface area contributed by atoms with Gasteiger partial charge in [0.2, 0.25) is 0 Å². The number of nitrogens with zero attached hydrogens (tertiary/aromatic N) is 2. The van der Waals surface area contributed by atoms with E-state index < -0.39 is 0 Å². The van der Waals surface area contributed by atoms with Crippen molar-refractivity contribution in [2.45, 2.75) is 19.0 Å². The molecule has 2 saturated heterocycles. The molecule has 4 heteroatoms. The molecule has 1 unspecified atom stereocenters. The number of benzene rings is 1. The summed E-state index contributed by atoms with van der Waals surface area (Å²) in [5.41, 5.74) is 8.25. The molecule has 0 bridgehead atoms. The molecule has 4 nitrogen and oxygen atoms in total. The summed E-state index contributed by atoms with van der Waals surface area (Å²) in [4.78, 5) is 5.07. The quantitative estimate of drug-likeness (QED) is 0.883. The second-order valence-electron chi connectivity index (χ2n) is 5.41. The van der Waals surface area contributed by atoms with E-state index in [1.54, 1.807) is 0 Å². The van der Waals surface area contributed by atoms with Gasteiger partial charge >= 0.3 is 0 Å². The van der Waals surface area contributed by atoms with Crippen molar-refractivity contribution in [2.75, 3.05) is 44.3 Å². The Balaban J connectivity index is 1.64. The van der Waals surface area contributed by atoms with Gasteiger partial charge in [-0.2, -0.15) is 0 Å². The van der Waals surface area contributed by atoms with Gasteiger partial charge in [0.05, 0.1) is 13.2 Å². The zero-order valence-corrected chi connectivity index (χ0v) is 11.4. The Morgan fingerprint density at radius 2 is 2.05 bits per heavy atom. The van der Waals surface area contributed by atoms with Crippen molar-refractivity contribution in [1.29, 1.82) is 0 Å². The third-order valence-corrected chi connectivity index (χ3v) is 4.24. The molecule has 1 aromatic rings. The molecule has 2 heterocycles. The van der Waals surface area contributed by atoms with E-state index in [1.165, 1.54) is 17.7 Å². The average molecular weight is 261 g/mol. The number of hydrogen-bond acceptors (Lipinski definition) is 4. The second-order valence-corrected chi connectivity index (χ2v) is 5.41. The molecular formula is C15H23N3O. The molecule has 0 aliphatic carbocycles. The summed E-state index contributed by atoms with van der Waals surface area (Å²) in [6, 6.07) is 9.31. The van der Waals surface area contributed by atoms with E-state index in [2.05, 4.69) is 34.1 Å². The van der Waals surface area contributed by atoms with Gasteiger partial charge in [0.25, 0.3) is 0 Å². The molecule has 0 radical (unpaired) electrons. The van der Waals surface area contributed by atoms with Gasteiger partial charge in [-0.25, -0.2) is 0 Å². The lowest BCUT2D eigenvalue weighted by atomic mass is 10.2. The van der Waals surface area contributed by atoms with Gasteiger partial charge < -0.3 is 15.4 Å². The van der Waals surface area contributed by atoms with Crippen LogP contribution in [0.3, 0.4) is 0 Å². The molecule has 2 fully saturated rings. The molecule has 1 atom stereocenters. The number of hydrogen-bond donors (Lipinski definition) is 1. The first-order chi connectivity index (χ1) is 9.36. The summed E-state index contributed by atoms with van der Waals surface area (Å²) < 4.78 is 5.43. The second kappa shape index (κ2) is 5.90. The molecule has 0 aromatic heterocycles. The summed E-state index contributed by atoms with van der Waals surface area (Å²) in [5, 5.41) is 0. The number of rotatable bonds is 3. The number of anilines is 1. The average Bonchev–Trinajstić information content (AvgIpc) is 2.98. The highest BCUT2D eigenvalue weighted by atomic mass is 16.5. The van der Waals surface area contributed by atoms with Crippen LogP contribution in [0.25, 0.3) is 0 Å². The first-order valence-electron chi connectivity index (χ1n) is 7.22. The maximum Gasteiger partial charge on any atom is 0.0594 e. The van der Waals surface area contributed by atoms with E-state index >= 15 is 0 Å². The van der Waals surface area contributed by atoms with E-state index in [1.807, 2.05) is 0 Å². The Hall–Kier alpha value is -1.10. The monoisotopic (exact) mass is 261 g/mol. The van der Waals surface area contributed by atoms with Crippen LogP contribution in [0.1, 0.15) is 12.0 Å². The first-order valence-corrected chi connectivity index (χ1v) is 7.22. The topological polar surface area (TPSA) is 41.7 Å². The lowest BCUT2D eigenvalue weighted by molar-refractivity contribution is 0.0209.